The summed E-state index contributed by atoms with van der Waals surface area (Å²) in [7, 11) is -5.11. The second-order valence-corrected chi connectivity index (χ2v) is 19.1. The van der Waals surface area contributed by atoms with E-state index in [9.17, 15) is 4.79 Å². The van der Waals surface area contributed by atoms with Crippen LogP contribution in [0, 0.1) is 0 Å². The van der Waals surface area contributed by atoms with Gasteiger partial charge in [-0.3, -0.25) is 4.79 Å². The maximum atomic E-state index is 11.3. The molecule has 0 N–H and O–H groups in total. The largest absolute Gasteiger partial charge is 0.461 e. The molecule has 0 radical (unpaired) electrons. The van der Waals surface area contributed by atoms with Crippen LogP contribution in [0.2, 0.25) is 22.2 Å². The third-order valence-corrected chi connectivity index (χ3v) is 17.3. The Morgan fingerprint density at radius 3 is 2.07 bits per heavy atom. The number of carbonyl (C=O) groups is 1. The highest BCUT2D eigenvalue weighted by atomic mass is 32.2. The van der Waals surface area contributed by atoms with Crippen LogP contribution in [-0.4, -0.2) is 47.7 Å². The van der Waals surface area contributed by atoms with Crippen molar-refractivity contribution in [2.75, 3.05) is 13.2 Å². The van der Waals surface area contributed by atoms with Gasteiger partial charge in [0.05, 0.1) is 18.0 Å². The van der Waals surface area contributed by atoms with Crippen molar-refractivity contribution < 1.29 is 22.5 Å². The smallest absolute Gasteiger partial charge is 0.335 e. The van der Waals surface area contributed by atoms with Crippen molar-refractivity contribution in [3.63, 3.8) is 0 Å². The Bertz CT molecular complexity index is 575. The van der Waals surface area contributed by atoms with E-state index in [1.165, 1.54) is 6.92 Å². The number of fused-ring (bicyclic) bond motifs is 1. The fourth-order valence-corrected chi connectivity index (χ4v) is 16.8. The lowest BCUT2D eigenvalue weighted by Gasteiger charge is -2.51. The molecule has 0 unspecified atom stereocenters. The molecule has 0 amide bonds. The number of hydrogen-bond acceptors (Lipinski definition) is 6. The molecule has 2 aliphatic heterocycles. The average Bonchev–Trinajstić information content (AvgIpc) is 2.92. The SMILES string of the molecule is CC(=O)OCC1=CS[C@@H]2CO[Si](C(C)C)(C(C)C)O[Si](C(C)C)(C(C)C)O[C@@H]12. The molecule has 5 nitrogen and oxygen atoms in total. The first-order chi connectivity index (χ1) is 13.0. The fraction of sp³-hybridized carbons (Fsp3) is 0.850. The summed E-state index contributed by atoms with van der Waals surface area (Å²) in [4.78, 5) is 11.3. The maximum Gasteiger partial charge on any atom is 0.335 e. The van der Waals surface area contributed by atoms with Crippen LogP contribution in [0.3, 0.4) is 0 Å². The maximum absolute atomic E-state index is 11.3. The van der Waals surface area contributed by atoms with Crippen molar-refractivity contribution in [1.82, 2.24) is 0 Å². The Labute approximate surface area is 177 Å². The van der Waals surface area contributed by atoms with Gasteiger partial charge in [0.25, 0.3) is 0 Å². The van der Waals surface area contributed by atoms with Gasteiger partial charge in [0.2, 0.25) is 0 Å². The molecule has 0 aromatic heterocycles. The van der Waals surface area contributed by atoms with Crippen LogP contribution in [0.25, 0.3) is 0 Å². The van der Waals surface area contributed by atoms with E-state index in [-0.39, 0.29) is 23.9 Å². The molecular weight excluding hydrogens is 408 g/mol. The topological polar surface area (TPSA) is 54.0 Å². The van der Waals surface area contributed by atoms with E-state index in [1.807, 2.05) is 0 Å². The fourth-order valence-electron chi connectivity index (χ4n) is 4.26. The molecule has 28 heavy (non-hydrogen) atoms. The van der Waals surface area contributed by atoms with E-state index in [0.717, 1.165) is 5.57 Å². The van der Waals surface area contributed by atoms with Crippen LogP contribution in [0.15, 0.2) is 11.0 Å². The zero-order chi connectivity index (χ0) is 21.3. The van der Waals surface area contributed by atoms with Crippen molar-refractivity contribution >= 4 is 34.9 Å². The molecule has 1 fully saturated rings. The molecular formula is C20H38O5SSi2. The minimum Gasteiger partial charge on any atom is -0.461 e. The van der Waals surface area contributed by atoms with E-state index in [1.54, 1.807) is 11.8 Å². The van der Waals surface area contributed by atoms with Crippen LogP contribution in [-0.2, 0) is 22.5 Å². The lowest BCUT2D eigenvalue weighted by atomic mass is 10.1. The molecule has 0 spiro atoms. The second kappa shape index (κ2) is 9.35. The Kier molecular flexibility index (Phi) is 8.06. The molecule has 2 aliphatic rings. The summed E-state index contributed by atoms with van der Waals surface area (Å²) in [6.45, 7) is 20.2. The monoisotopic (exact) mass is 446 g/mol. The lowest BCUT2D eigenvalue weighted by Crippen LogP contribution is -2.65. The van der Waals surface area contributed by atoms with Gasteiger partial charge in [-0.25, -0.2) is 0 Å². The Morgan fingerprint density at radius 2 is 1.61 bits per heavy atom. The zero-order valence-corrected chi connectivity index (χ0v) is 21.7. The summed E-state index contributed by atoms with van der Waals surface area (Å²) in [5, 5.41) is 2.28. The Hall–Kier alpha value is -0.126. The first-order valence-corrected chi connectivity index (χ1v) is 15.3. The summed E-state index contributed by atoms with van der Waals surface area (Å²) in [6.07, 6.45) is -0.118. The van der Waals surface area contributed by atoms with Gasteiger partial charge in [-0.2, -0.15) is 0 Å². The minimum atomic E-state index is -2.62. The van der Waals surface area contributed by atoms with Gasteiger partial charge in [-0.1, -0.05) is 55.4 Å². The molecule has 162 valence electrons. The van der Waals surface area contributed by atoms with Gasteiger partial charge in [-0.05, 0) is 27.6 Å². The van der Waals surface area contributed by atoms with Gasteiger partial charge in [-0.15, -0.1) is 11.8 Å². The Balaban J connectivity index is 2.46. The predicted molar refractivity (Wildman–Crippen MR) is 120 cm³/mol. The summed E-state index contributed by atoms with van der Waals surface area (Å²) in [6, 6.07) is 0. The van der Waals surface area contributed by atoms with Crippen LogP contribution in [0.5, 0.6) is 0 Å². The second-order valence-electron chi connectivity index (χ2n) is 9.16. The summed E-state index contributed by atoms with van der Waals surface area (Å²) in [5.74, 6) is -0.269. The zero-order valence-electron chi connectivity index (χ0n) is 18.9. The van der Waals surface area contributed by atoms with Crippen LogP contribution in [0.1, 0.15) is 62.3 Å². The van der Waals surface area contributed by atoms with Crippen molar-refractivity contribution in [3.8, 4) is 0 Å². The molecule has 0 aromatic rings. The predicted octanol–water partition coefficient (Wildman–Crippen LogP) is 5.51. The number of hydrogen-bond donors (Lipinski definition) is 0. The molecule has 2 rings (SSSR count). The van der Waals surface area contributed by atoms with Crippen LogP contribution in [0.4, 0.5) is 0 Å². The highest BCUT2D eigenvalue weighted by Crippen LogP contribution is 2.49. The average molecular weight is 447 g/mol. The number of esters is 1. The molecule has 0 bridgehead atoms. The van der Waals surface area contributed by atoms with E-state index in [0.29, 0.717) is 28.8 Å². The molecule has 1 saturated heterocycles. The molecule has 0 aromatic carbocycles. The third-order valence-electron chi connectivity index (χ3n) is 5.86. The third kappa shape index (κ3) is 4.62. The number of thioether (sulfide) groups is 1. The number of ether oxygens (including phenoxy) is 1. The van der Waals surface area contributed by atoms with Crippen LogP contribution < -0.4 is 0 Å². The normalized spacial score (nSPS) is 27.0. The van der Waals surface area contributed by atoms with Gasteiger partial charge in [0, 0.05) is 12.5 Å². The number of rotatable bonds is 6. The first kappa shape index (κ1) is 24.1. The van der Waals surface area contributed by atoms with E-state index >= 15 is 0 Å². The Morgan fingerprint density at radius 1 is 1.07 bits per heavy atom. The summed E-state index contributed by atoms with van der Waals surface area (Å²) in [5.41, 5.74) is 2.30. The first-order valence-electron chi connectivity index (χ1n) is 10.5. The van der Waals surface area contributed by atoms with Crippen molar-refractivity contribution in [2.24, 2.45) is 0 Å². The quantitative estimate of drug-likeness (QED) is 0.396. The van der Waals surface area contributed by atoms with Crippen molar-refractivity contribution in [3.05, 3.63) is 11.0 Å². The summed E-state index contributed by atoms with van der Waals surface area (Å²) >= 11 is 1.74. The molecule has 2 atom stereocenters. The molecule has 0 aliphatic carbocycles. The minimum absolute atomic E-state index is 0.118. The van der Waals surface area contributed by atoms with Crippen molar-refractivity contribution in [2.45, 2.75) is 95.8 Å². The molecule has 8 heteroatoms. The lowest BCUT2D eigenvalue weighted by molar-refractivity contribution is -0.140. The van der Waals surface area contributed by atoms with Gasteiger partial charge < -0.3 is 17.7 Å². The van der Waals surface area contributed by atoms with Crippen molar-refractivity contribution in [1.29, 1.82) is 0 Å². The van der Waals surface area contributed by atoms with Gasteiger partial charge in [0.15, 0.2) is 0 Å². The summed E-state index contributed by atoms with van der Waals surface area (Å²) < 4.78 is 26.2. The van der Waals surface area contributed by atoms with E-state index in [2.05, 4.69) is 60.8 Å². The van der Waals surface area contributed by atoms with Gasteiger partial charge in [0.1, 0.15) is 6.61 Å². The molecule has 0 saturated carbocycles. The van der Waals surface area contributed by atoms with Gasteiger partial charge >= 0.3 is 23.1 Å². The highest BCUT2D eigenvalue weighted by molar-refractivity contribution is 8.03. The highest BCUT2D eigenvalue weighted by Gasteiger charge is 2.59. The van der Waals surface area contributed by atoms with E-state index in [4.69, 9.17) is 17.7 Å². The van der Waals surface area contributed by atoms with E-state index < -0.39 is 17.1 Å². The standard InChI is InChI=1S/C20H38O5SSi2/c1-13(2)27(14(3)4)23-11-19-20(18(12-26-19)10-22-17(9)21)24-28(25-27,15(5)6)16(7)8/h12-16,19-20H,10-11H2,1-9H3/t19-,20+/m1/s1. The van der Waals surface area contributed by atoms with Crippen LogP contribution >= 0.6 is 11.8 Å². The number of carbonyl (C=O) groups excluding carboxylic acids is 1. The molecule has 2 heterocycles.